The molecule has 3 atom stereocenters. The van der Waals surface area contributed by atoms with Crippen molar-refractivity contribution in [2.24, 2.45) is 4.99 Å². The number of thioether (sulfide) groups is 1. The normalized spacial score (nSPS) is 21.8. The molecular weight excluding hydrogens is 386 g/mol. The van der Waals surface area contributed by atoms with E-state index >= 15 is 0 Å². The molecule has 2 aromatic rings. The van der Waals surface area contributed by atoms with E-state index in [0.717, 1.165) is 16.7 Å². The van der Waals surface area contributed by atoms with Crippen LogP contribution in [-0.2, 0) is 4.74 Å². The van der Waals surface area contributed by atoms with Crippen LogP contribution in [0.15, 0.2) is 70.2 Å². The Balaban J connectivity index is 2.19. The number of rotatable bonds is 6. The number of nitriles is 1. The molecule has 1 heterocycles. The summed E-state index contributed by atoms with van der Waals surface area (Å²) in [6, 6.07) is 18.1. The third-order valence-corrected chi connectivity index (χ3v) is 6.12. The molecule has 0 unspecified atom stereocenters. The summed E-state index contributed by atoms with van der Waals surface area (Å²) < 4.78 is 5.22. The van der Waals surface area contributed by atoms with Crippen LogP contribution < -0.4 is 0 Å². The highest BCUT2D eigenvalue weighted by Crippen LogP contribution is 2.52. The fourth-order valence-corrected chi connectivity index (χ4v) is 4.72. The van der Waals surface area contributed by atoms with Crippen molar-refractivity contribution in [3.05, 3.63) is 92.0 Å². The van der Waals surface area contributed by atoms with E-state index in [0.29, 0.717) is 17.2 Å². The molecule has 29 heavy (non-hydrogen) atoms. The summed E-state index contributed by atoms with van der Waals surface area (Å²) in [7, 11) is 0. The standard InChI is InChI=1S/C22H21N3O3S/c1-3-28-14-24-22-18(13-23)19(16-11-9-15(2)10-12-16)20(25(26)27)21(29-22)17-7-5-4-6-8-17/h4-12,14,19-21H,3H2,1-2H3/t19-,20-,21+/m1/s1. The van der Waals surface area contributed by atoms with Crippen LogP contribution in [0.2, 0.25) is 0 Å². The van der Waals surface area contributed by atoms with Crippen LogP contribution in [0, 0.1) is 28.4 Å². The van der Waals surface area contributed by atoms with Gasteiger partial charge in [-0.2, -0.15) is 5.26 Å². The van der Waals surface area contributed by atoms with Crippen LogP contribution in [0.3, 0.4) is 0 Å². The lowest BCUT2D eigenvalue weighted by molar-refractivity contribution is -0.525. The van der Waals surface area contributed by atoms with E-state index < -0.39 is 17.2 Å². The van der Waals surface area contributed by atoms with Crippen molar-refractivity contribution in [2.75, 3.05) is 6.61 Å². The number of aryl methyl sites for hydroxylation is 1. The highest BCUT2D eigenvalue weighted by atomic mass is 32.2. The molecule has 0 radical (unpaired) electrons. The highest BCUT2D eigenvalue weighted by molar-refractivity contribution is 8.03. The zero-order valence-electron chi connectivity index (χ0n) is 16.2. The second-order valence-corrected chi connectivity index (χ2v) is 7.76. The minimum absolute atomic E-state index is 0.268. The topological polar surface area (TPSA) is 88.5 Å². The first-order valence-corrected chi connectivity index (χ1v) is 10.1. The quantitative estimate of drug-likeness (QED) is 0.291. The van der Waals surface area contributed by atoms with Gasteiger partial charge in [-0.25, -0.2) is 4.99 Å². The van der Waals surface area contributed by atoms with E-state index in [2.05, 4.69) is 11.1 Å². The Morgan fingerprint density at radius 2 is 1.90 bits per heavy atom. The molecule has 7 heteroatoms. The molecule has 3 rings (SSSR count). The molecule has 0 N–H and O–H groups in total. The van der Waals surface area contributed by atoms with E-state index in [1.165, 1.54) is 18.2 Å². The molecule has 0 fully saturated rings. The molecule has 0 spiro atoms. The van der Waals surface area contributed by atoms with Crippen LogP contribution >= 0.6 is 11.8 Å². The van der Waals surface area contributed by atoms with Crippen LogP contribution in [0.1, 0.15) is 34.8 Å². The first kappa shape index (κ1) is 20.6. The molecule has 0 bridgehead atoms. The van der Waals surface area contributed by atoms with Crippen molar-refractivity contribution >= 4 is 18.2 Å². The zero-order chi connectivity index (χ0) is 20.8. The lowest BCUT2D eigenvalue weighted by Crippen LogP contribution is -2.36. The Morgan fingerprint density at radius 1 is 1.21 bits per heavy atom. The van der Waals surface area contributed by atoms with Crippen LogP contribution in [-0.4, -0.2) is 24.0 Å². The number of ether oxygens (including phenoxy) is 1. The smallest absolute Gasteiger partial charge is 0.240 e. The zero-order valence-corrected chi connectivity index (χ0v) is 17.0. The first-order chi connectivity index (χ1) is 14.1. The van der Waals surface area contributed by atoms with Gasteiger partial charge in [0.1, 0.15) is 10.3 Å². The molecule has 0 aromatic heterocycles. The number of hydrogen-bond acceptors (Lipinski definition) is 6. The molecule has 0 aliphatic carbocycles. The van der Waals surface area contributed by atoms with Crippen molar-refractivity contribution in [1.82, 2.24) is 0 Å². The molecule has 0 saturated carbocycles. The van der Waals surface area contributed by atoms with Gasteiger partial charge in [0.2, 0.25) is 6.04 Å². The second kappa shape index (κ2) is 9.39. The number of nitro groups is 1. The third-order valence-electron chi connectivity index (χ3n) is 4.77. The predicted octanol–water partition coefficient (Wildman–Crippen LogP) is 5.01. The van der Waals surface area contributed by atoms with E-state index in [9.17, 15) is 15.4 Å². The summed E-state index contributed by atoms with van der Waals surface area (Å²) in [5, 5.41) is 22.1. The maximum Gasteiger partial charge on any atom is 0.240 e. The predicted molar refractivity (Wildman–Crippen MR) is 114 cm³/mol. The summed E-state index contributed by atoms with van der Waals surface area (Å²) in [6.07, 6.45) is 1.31. The van der Waals surface area contributed by atoms with Crippen molar-refractivity contribution in [2.45, 2.75) is 31.1 Å². The summed E-state index contributed by atoms with van der Waals surface area (Å²) in [6.45, 7) is 4.24. The van der Waals surface area contributed by atoms with Crippen LogP contribution in [0.5, 0.6) is 0 Å². The van der Waals surface area contributed by atoms with Gasteiger partial charge in [0.25, 0.3) is 0 Å². The van der Waals surface area contributed by atoms with E-state index in [1.54, 1.807) is 0 Å². The number of benzene rings is 2. The molecule has 148 valence electrons. The van der Waals surface area contributed by atoms with Crippen LogP contribution in [0.25, 0.3) is 0 Å². The summed E-state index contributed by atoms with van der Waals surface area (Å²) in [4.78, 5) is 16.3. The van der Waals surface area contributed by atoms with Gasteiger partial charge in [-0.15, -0.1) is 0 Å². The van der Waals surface area contributed by atoms with Crippen molar-refractivity contribution in [3.8, 4) is 6.07 Å². The van der Waals surface area contributed by atoms with Gasteiger partial charge in [0, 0.05) is 4.92 Å². The summed E-state index contributed by atoms with van der Waals surface area (Å²) in [5.74, 6) is -0.698. The Morgan fingerprint density at radius 3 is 2.48 bits per heavy atom. The van der Waals surface area contributed by atoms with Crippen molar-refractivity contribution < 1.29 is 9.66 Å². The van der Waals surface area contributed by atoms with Gasteiger partial charge in [0.15, 0.2) is 6.40 Å². The Labute approximate surface area is 174 Å². The van der Waals surface area contributed by atoms with E-state index in [1.807, 2.05) is 68.4 Å². The average molecular weight is 407 g/mol. The Bertz CT molecular complexity index is 965. The minimum Gasteiger partial charge on any atom is -0.483 e. The molecule has 1 aliphatic rings. The highest BCUT2D eigenvalue weighted by Gasteiger charge is 2.48. The molecule has 6 nitrogen and oxygen atoms in total. The fourth-order valence-electron chi connectivity index (χ4n) is 3.39. The largest absolute Gasteiger partial charge is 0.483 e. The number of hydrogen-bond donors (Lipinski definition) is 0. The first-order valence-electron chi connectivity index (χ1n) is 9.26. The van der Waals surface area contributed by atoms with E-state index in [4.69, 9.17) is 4.74 Å². The third kappa shape index (κ3) is 4.49. The SMILES string of the molecule is CCOC=NC1=C(C#N)[C@@H](c2ccc(C)cc2)[C@@H]([N+](=O)[O-])[C@H](c2ccccc2)S1. The lowest BCUT2D eigenvalue weighted by atomic mass is 9.82. The van der Waals surface area contributed by atoms with Gasteiger partial charge < -0.3 is 4.74 Å². The van der Waals surface area contributed by atoms with Gasteiger partial charge in [0.05, 0.1) is 24.2 Å². The van der Waals surface area contributed by atoms with Gasteiger partial charge in [-0.1, -0.05) is 71.9 Å². The summed E-state index contributed by atoms with van der Waals surface area (Å²) in [5.41, 5.74) is 2.91. The maximum absolute atomic E-state index is 12.2. The average Bonchev–Trinajstić information content (AvgIpc) is 2.74. The number of nitrogens with zero attached hydrogens (tertiary/aromatic N) is 3. The van der Waals surface area contributed by atoms with Crippen LogP contribution in [0.4, 0.5) is 0 Å². The molecular formula is C22H21N3O3S. The monoisotopic (exact) mass is 407 g/mol. The summed E-state index contributed by atoms with van der Waals surface area (Å²) >= 11 is 1.24. The molecule has 0 amide bonds. The molecule has 2 aromatic carbocycles. The van der Waals surface area contributed by atoms with Crippen molar-refractivity contribution in [1.29, 1.82) is 5.26 Å². The molecule has 1 aliphatic heterocycles. The lowest BCUT2D eigenvalue weighted by Gasteiger charge is -2.32. The minimum atomic E-state index is -0.995. The second-order valence-electron chi connectivity index (χ2n) is 6.63. The van der Waals surface area contributed by atoms with Gasteiger partial charge in [-0.05, 0) is 25.0 Å². The fraction of sp³-hybridized carbons (Fsp3) is 0.273. The number of aliphatic imine (C=N–C) groups is 1. The van der Waals surface area contributed by atoms with E-state index in [-0.39, 0.29) is 4.92 Å². The maximum atomic E-state index is 12.2. The van der Waals surface area contributed by atoms with Crippen molar-refractivity contribution in [3.63, 3.8) is 0 Å². The van der Waals surface area contributed by atoms with Gasteiger partial charge in [-0.3, -0.25) is 10.1 Å². The Kier molecular flexibility index (Phi) is 6.68. The molecule has 0 saturated heterocycles. The Hall–Kier alpha value is -3.11. The van der Waals surface area contributed by atoms with Gasteiger partial charge >= 0.3 is 0 Å².